The summed E-state index contributed by atoms with van der Waals surface area (Å²) in [4.78, 5) is 4.12. The SMILES string of the molecule is CCc1nscc1CSC1N=C(O)C=C(C)N1. The summed E-state index contributed by atoms with van der Waals surface area (Å²) in [5, 5.41) is 14.7. The van der Waals surface area contributed by atoms with Crippen LogP contribution in [0.3, 0.4) is 0 Å². The van der Waals surface area contributed by atoms with Gasteiger partial charge >= 0.3 is 0 Å². The smallest absolute Gasteiger partial charge is 0.210 e. The molecule has 2 heterocycles. The summed E-state index contributed by atoms with van der Waals surface area (Å²) in [5.74, 6) is 0.958. The number of hydrogen-bond acceptors (Lipinski definition) is 5. The number of allylic oxidation sites excluding steroid dienone is 1. The van der Waals surface area contributed by atoms with Crippen LogP contribution in [0.2, 0.25) is 0 Å². The summed E-state index contributed by atoms with van der Waals surface area (Å²) in [6, 6.07) is 0. The second kappa shape index (κ2) is 5.55. The fourth-order valence-corrected chi connectivity index (χ4v) is 3.47. The Bertz CT molecular complexity index is 453. The molecule has 2 N–H and O–H groups in total. The number of aliphatic imine (C=N–C) groups is 1. The van der Waals surface area contributed by atoms with Crippen molar-refractivity contribution in [3.63, 3.8) is 0 Å². The van der Waals surface area contributed by atoms with Crippen LogP contribution in [0, 0.1) is 0 Å². The molecule has 1 aromatic rings. The molecule has 92 valence electrons. The maximum absolute atomic E-state index is 9.42. The molecular weight excluding hydrogens is 254 g/mol. The van der Waals surface area contributed by atoms with E-state index in [-0.39, 0.29) is 11.4 Å². The normalized spacial score (nSPS) is 19.5. The molecule has 0 amide bonds. The van der Waals surface area contributed by atoms with Gasteiger partial charge in [0.2, 0.25) is 5.90 Å². The first-order chi connectivity index (χ1) is 8.19. The molecule has 17 heavy (non-hydrogen) atoms. The lowest BCUT2D eigenvalue weighted by atomic mass is 10.2. The first-order valence-corrected chi connectivity index (χ1v) is 7.33. The fourth-order valence-electron chi connectivity index (χ4n) is 1.56. The Morgan fingerprint density at radius 2 is 2.41 bits per heavy atom. The molecule has 4 nitrogen and oxygen atoms in total. The van der Waals surface area contributed by atoms with Gasteiger partial charge in [-0.05, 0) is 30.4 Å². The molecule has 1 aromatic heterocycles. The minimum atomic E-state index is -0.107. The zero-order valence-electron chi connectivity index (χ0n) is 9.80. The number of aliphatic hydroxyl groups excluding tert-OH is 1. The van der Waals surface area contributed by atoms with Gasteiger partial charge in [0.15, 0.2) is 5.50 Å². The predicted molar refractivity (Wildman–Crippen MR) is 73.5 cm³/mol. The number of nitrogens with zero attached hydrogens (tertiary/aromatic N) is 2. The van der Waals surface area contributed by atoms with Crippen molar-refractivity contribution in [2.45, 2.75) is 31.5 Å². The summed E-state index contributed by atoms with van der Waals surface area (Å²) < 4.78 is 4.34. The van der Waals surface area contributed by atoms with E-state index in [4.69, 9.17) is 0 Å². The molecule has 0 aliphatic carbocycles. The van der Waals surface area contributed by atoms with Crippen molar-refractivity contribution in [1.29, 1.82) is 0 Å². The maximum Gasteiger partial charge on any atom is 0.210 e. The van der Waals surface area contributed by atoms with Crippen LogP contribution >= 0.6 is 23.3 Å². The summed E-state index contributed by atoms with van der Waals surface area (Å²) in [7, 11) is 0. The van der Waals surface area contributed by atoms with Gasteiger partial charge in [0, 0.05) is 22.9 Å². The predicted octanol–water partition coefficient (Wildman–Crippen LogP) is 2.69. The molecule has 1 unspecified atom stereocenters. The van der Waals surface area contributed by atoms with E-state index < -0.39 is 0 Å². The summed E-state index contributed by atoms with van der Waals surface area (Å²) in [5.41, 5.74) is 3.27. The molecule has 1 aliphatic rings. The third kappa shape index (κ3) is 3.23. The molecule has 0 fully saturated rings. The van der Waals surface area contributed by atoms with E-state index >= 15 is 0 Å². The van der Waals surface area contributed by atoms with E-state index in [9.17, 15) is 5.11 Å². The summed E-state index contributed by atoms with van der Waals surface area (Å²) in [6.07, 6.45) is 2.59. The largest absolute Gasteiger partial charge is 0.493 e. The lowest BCUT2D eigenvalue weighted by molar-refractivity contribution is 0.540. The average Bonchev–Trinajstić information content (AvgIpc) is 2.72. The Hall–Kier alpha value is -1.01. The van der Waals surface area contributed by atoms with Crippen LogP contribution in [-0.4, -0.2) is 20.9 Å². The van der Waals surface area contributed by atoms with Gasteiger partial charge in [0.25, 0.3) is 0 Å². The Morgan fingerprint density at radius 3 is 3.12 bits per heavy atom. The van der Waals surface area contributed by atoms with Gasteiger partial charge in [-0.1, -0.05) is 6.92 Å². The van der Waals surface area contributed by atoms with E-state index in [1.54, 1.807) is 17.8 Å². The quantitative estimate of drug-likeness (QED) is 0.882. The van der Waals surface area contributed by atoms with E-state index in [2.05, 4.69) is 27.0 Å². The lowest BCUT2D eigenvalue weighted by Gasteiger charge is -2.19. The van der Waals surface area contributed by atoms with E-state index in [0.29, 0.717) is 0 Å². The molecule has 0 radical (unpaired) electrons. The number of thioether (sulfide) groups is 1. The highest BCUT2D eigenvalue weighted by atomic mass is 32.2. The lowest BCUT2D eigenvalue weighted by Crippen LogP contribution is -2.27. The molecule has 1 aliphatic heterocycles. The molecule has 0 bridgehead atoms. The Labute approximate surface area is 109 Å². The van der Waals surface area contributed by atoms with Crippen molar-refractivity contribution >= 4 is 29.2 Å². The highest BCUT2D eigenvalue weighted by molar-refractivity contribution is 7.99. The molecule has 0 spiro atoms. The van der Waals surface area contributed by atoms with Gasteiger partial charge in [-0.2, -0.15) is 4.37 Å². The minimum absolute atomic E-state index is 0.0953. The van der Waals surface area contributed by atoms with Crippen molar-refractivity contribution < 1.29 is 5.11 Å². The number of nitrogens with one attached hydrogen (secondary N) is 1. The van der Waals surface area contributed by atoms with Crippen LogP contribution in [0.5, 0.6) is 0 Å². The average molecular weight is 269 g/mol. The number of hydrogen-bond donors (Lipinski definition) is 2. The van der Waals surface area contributed by atoms with E-state index in [1.165, 1.54) is 22.8 Å². The second-order valence-corrected chi connectivity index (χ2v) is 5.46. The maximum atomic E-state index is 9.42. The zero-order chi connectivity index (χ0) is 12.3. The molecule has 0 aromatic carbocycles. The highest BCUT2D eigenvalue weighted by Gasteiger charge is 2.14. The number of aryl methyl sites for hydroxylation is 1. The first-order valence-electron chi connectivity index (χ1n) is 5.44. The van der Waals surface area contributed by atoms with E-state index in [1.807, 2.05) is 6.92 Å². The zero-order valence-corrected chi connectivity index (χ0v) is 11.4. The van der Waals surface area contributed by atoms with Crippen LogP contribution in [-0.2, 0) is 12.2 Å². The van der Waals surface area contributed by atoms with Crippen molar-refractivity contribution in [2.75, 3.05) is 0 Å². The molecule has 2 rings (SSSR count). The third-order valence-corrected chi connectivity index (χ3v) is 4.14. The molecule has 0 saturated carbocycles. The number of aliphatic hydroxyl groups is 1. The monoisotopic (exact) mass is 269 g/mol. The standard InChI is InChI=1S/C11H15N3OS2/c1-3-9-8(6-17-14-9)5-16-11-12-7(2)4-10(15)13-11/h4,6,11-12H,3,5H2,1-2H3,(H,13,15). The van der Waals surface area contributed by atoms with Crippen LogP contribution in [0.1, 0.15) is 25.1 Å². The molecule has 1 atom stereocenters. The van der Waals surface area contributed by atoms with Crippen LogP contribution in [0.15, 0.2) is 22.1 Å². The van der Waals surface area contributed by atoms with E-state index in [0.717, 1.165) is 17.9 Å². The van der Waals surface area contributed by atoms with Gasteiger partial charge in [-0.25, -0.2) is 4.99 Å². The van der Waals surface area contributed by atoms with Crippen molar-refractivity contribution in [2.24, 2.45) is 4.99 Å². The van der Waals surface area contributed by atoms with Crippen LogP contribution in [0.4, 0.5) is 0 Å². The Morgan fingerprint density at radius 1 is 1.59 bits per heavy atom. The Kier molecular flexibility index (Phi) is 4.06. The molecule has 0 saturated heterocycles. The first kappa shape index (κ1) is 12.4. The van der Waals surface area contributed by atoms with Gasteiger partial charge in [0.1, 0.15) is 0 Å². The molecule has 6 heteroatoms. The molecular formula is C11H15N3OS2. The fraction of sp³-hybridized carbons (Fsp3) is 0.455. The van der Waals surface area contributed by atoms with Gasteiger partial charge in [-0.15, -0.1) is 11.8 Å². The second-order valence-electron chi connectivity index (χ2n) is 3.76. The topological polar surface area (TPSA) is 57.5 Å². The number of rotatable bonds is 4. The van der Waals surface area contributed by atoms with Crippen LogP contribution < -0.4 is 5.32 Å². The summed E-state index contributed by atoms with van der Waals surface area (Å²) in [6.45, 7) is 4.03. The van der Waals surface area contributed by atoms with Crippen molar-refractivity contribution in [3.05, 3.63) is 28.4 Å². The third-order valence-electron chi connectivity index (χ3n) is 2.41. The summed E-state index contributed by atoms with van der Waals surface area (Å²) >= 11 is 3.16. The van der Waals surface area contributed by atoms with Gasteiger partial charge in [0.05, 0.1) is 5.69 Å². The number of aromatic nitrogens is 1. The Balaban J connectivity index is 1.93. The van der Waals surface area contributed by atoms with Gasteiger partial charge in [-0.3, -0.25) is 0 Å². The van der Waals surface area contributed by atoms with Crippen molar-refractivity contribution in [1.82, 2.24) is 9.69 Å². The van der Waals surface area contributed by atoms with Gasteiger partial charge < -0.3 is 10.4 Å². The minimum Gasteiger partial charge on any atom is -0.493 e. The van der Waals surface area contributed by atoms with Crippen molar-refractivity contribution in [3.8, 4) is 0 Å². The highest BCUT2D eigenvalue weighted by Crippen LogP contribution is 2.23. The van der Waals surface area contributed by atoms with Crippen LogP contribution in [0.25, 0.3) is 0 Å².